The van der Waals surface area contributed by atoms with Crippen LogP contribution in [0.15, 0.2) is 0 Å². The van der Waals surface area contributed by atoms with Crippen LogP contribution in [0.3, 0.4) is 0 Å². The second kappa shape index (κ2) is 15.7. The maximum Gasteiger partial charge on any atom is 0.220 e. The summed E-state index contributed by atoms with van der Waals surface area (Å²) < 4.78 is 0. The lowest BCUT2D eigenvalue weighted by molar-refractivity contribution is -0.122. The summed E-state index contributed by atoms with van der Waals surface area (Å²) in [4.78, 5) is 17.7. The number of hydrogen-bond donors (Lipinski definition) is 3. The molecule has 1 saturated heterocycles. The number of carbonyl (C=O) groups excluding carboxylic acids is 1. The molecule has 6 nitrogen and oxygen atoms in total. The molecule has 9 atom stereocenters. The van der Waals surface area contributed by atoms with Crippen LogP contribution in [-0.2, 0) is 4.79 Å². The van der Waals surface area contributed by atoms with Gasteiger partial charge in [-0.2, -0.15) is 0 Å². The lowest BCUT2D eigenvalue weighted by Gasteiger charge is -2.56. The monoisotopic (exact) mass is 600 g/mol. The summed E-state index contributed by atoms with van der Waals surface area (Å²) in [5.74, 6) is 6.53. The Morgan fingerprint density at radius 2 is 1.63 bits per heavy atom. The predicted octanol–water partition coefficient (Wildman–Crippen LogP) is 5.90. The Hall–Kier alpha value is -0.690. The molecular weight excluding hydrogens is 530 g/mol. The molecule has 248 valence electrons. The molecule has 1 amide bonds. The molecular formula is C37H69N5O. The molecule has 5 fully saturated rings. The molecule has 6 heteroatoms. The van der Waals surface area contributed by atoms with E-state index in [0.29, 0.717) is 17.8 Å². The lowest BCUT2D eigenvalue weighted by atomic mass is 9.49. The number of hydrogen-bond acceptors (Lipinski definition) is 5. The van der Waals surface area contributed by atoms with Gasteiger partial charge in [0.05, 0.1) is 0 Å². The van der Waals surface area contributed by atoms with Crippen LogP contribution in [0.5, 0.6) is 0 Å². The van der Waals surface area contributed by atoms with E-state index in [0.717, 1.165) is 67.5 Å². The number of amides is 1. The minimum absolute atomic E-state index is 0.248. The maximum absolute atomic E-state index is 12.4. The van der Waals surface area contributed by atoms with Gasteiger partial charge in [-0.05, 0) is 144 Å². The van der Waals surface area contributed by atoms with Crippen LogP contribution in [0.4, 0.5) is 0 Å². The van der Waals surface area contributed by atoms with Gasteiger partial charge in [0.1, 0.15) is 0 Å². The molecule has 5 rings (SSSR count). The van der Waals surface area contributed by atoms with E-state index >= 15 is 0 Å². The molecule has 4 aliphatic carbocycles. The molecule has 0 aromatic rings. The van der Waals surface area contributed by atoms with E-state index in [2.05, 4.69) is 48.1 Å². The summed E-state index contributed by atoms with van der Waals surface area (Å²) in [6, 6.07) is 0.979. The summed E-state index contributed by atoms with van der Waals surface area (Å²) in [6.45, 7) is 18.5. The summed E-state index contributed by atoms with van der Waals surface area (Å²) >= 11 is 0. The van der Waals surface area contributed by atoms with Crippen LogP contribution in [-0.4, -0.2) is 80.1 Å². The van der Waals surface area contributed by atoms with Gasteiger partial charge in [0.25, 0.3) is 0 Å². The topological polar surface area (TPSA) is 73.6 Å². The number of nitrogens with zero attached hydrogens (tertiary/aromatic N) is 2. The number of fused-ring (bicyclic) bond motifs is 5. The van der Waals surface area contributed by atoms with Crippen molar-refractivity contribution in [2.75, 3.05) is 52.4 Å². The Balaban J connectivity index is 1.10. The molecule has 4 saturated carbocycles. The standard InChI is InChI=1S/C37H69N5O/c1-27(2)40-36(43)15-10-28(3)34-13-14-35-33-12-11-29-26-30(8-5-6-9-31(29)32(33)16-17-37(34,35)4)39-19-21-42-24-22-41(23-25-42)20-7-18-38/h27-35,39H,5-26,38H2,1-4H3,(H,40,43)/t28-,29?,30+,31-,32?,33?,34-,35?,37-/m1/s1. The Morgan fingerprint density at radius 1 is 0.884 bits per heavy atom. The molecule has 0 aromatic carbocycles. The second-order valence-corrected chi connectivity index (χ2v) is 16.4. The highest BCUT2D eigenvalue weighted by Gasteiger charge is 2.57. The molecule has 1 aliphatic heterocycles. The first-order valence-corrected chi connectivity index (χ1v) is 19.0. The molecule has 4 N–H and O–H groups in total. The van der Waals surface area contributed by atoms with Crippen molar-refractivity contribution in [3.63, 3.8) is 0 Å². The highest BCUT2D eigenvalue weighted by Crippen LogP contribution is 2.65. The van der Waals surface area contributed by atoms with E-state index in [1.807, 2.05) is 0 Å². The maximum atomic E-state index is 12.4. The third kappa shape index (κ3) is 8.37. The molecule has 4 unspecified atom stereocenters. The van der Waals surface area contributed by atoms with Gasteiger partial charge in [-0.15, -0.1) is 0 Å². The number of piperazine rings is 1. The van der Waals surface area contributed by atoms with Crippen LogP contribution >= 0.6 is 0 Å². The first-order chi connectivity index (χ1) is 20.8. The van der Waals surface area contributed by atoms with Crippen molar-refractivity contribution >= 4 is 5.91 Å². The van der Waals surface area contributed by atoms with Gasteiger partial charge in [-0.1, -0.05) is 26.7 Å². The van der Waals surface area contributed by atoms with Gasteiger partial charge in [-0.3, -0.25) is 9.69 Å². The predicted molar refractivity (Wildman–Crippen MR) is 180 cm³/mol. The van der Waals surface area contributed by atoms with Gasteiger partial charge in [-0.25, -0.2) is 0 Å². The average Bonchev–Trinajstić information content (AvgIpc) is 3.33. The average molecular weight is 600 g/mol. The molecule has 5 aliphatic rings. The van der Waals surface area contributed by atoms with Gasteiger partial charge < -0.3 is 21.3 Å². The van der Waals surface area contributed by atoms with Crippen LogP contribution < -0.4 is 16.4 Å². The quantitative estimate of drug-likeness (QED) is 0.261. The number of nitrogens with one attached hydrogen (secondary N) is 2. The third-order valence-electron chi connectivity index (χ3n) is 13.5. The first-order valence-electron chi connectivity index (χ1n) is 19.0. The minimum Gasteiger partial charge on any atom is -0.354 e. The zero-order valence-corrected chi connectivity index (χ0v) is 28.6. The normalized spacial score (nSPS) is 38.0. The number of rotatable bonds is 12. The Morgan fingerprint density at radius 3 is 2.37 bits per heavy atom. The van der Waals surface area contributed by atoms with Crippen molar-refractivity contribution in [2.24, 2.45) is 52.6 Å². The molecule has 0 bridgehead atoms. The highest BCUT2D eigenvalue weighted by atomic mass is 16.1. The summed E-state index contributed by atoms with van der Waals surface area (Å²) in [5.41, 5.74) is 6.22. The Kier molecular flexibility index (Phi) is 12.3. The molecule has 0 spiro atoms. The third-order valence-corrected chi connectivity index (χ3v) is 13.5. The van der Waals surface area contributed by atoms with Crippen LogP contribution in [0.1, 0.15) is 118 Å². The molecule has 0 aromatic heterocycles. The first kappa shape index (κ1) is 33.7. The summed E-state index contributed by atoms with van der Waals surface area (Å²) in [5, 5.41) is 7.19. The van der Waals surface area contributed by atoms with Crippen LogP contribution in [0.2, 0.25) is 0 Å². The van der Waals surface area contributed by atoms with Crippen molar-refractivity contribution in [1.29, 1.82) is 0 Å². The van der Waals surface area contributed by atoms with Gasteiger partial charge in [0.2, 0.25) is 5.91 Å². The fourth-order valence-electron chi connectivity index (χ4n) is 11.3. The van der Waals surface area contributed by atoms with E-state index in [-0.39, 0.29) is 11.9 Å². The fourth-order valence-corrected chi connectivity index (χ4v) is 11.3. The van der Waals surface area contributed by atoms with E-state index in [1.54, 1.807) is 0 Å². The minimum atomic E-state index is 0.248. The fraction of sp³-hybridized carbons (Fsp3) is 0.973. The summed E-state index contributed by atoms with van der Waals surface area (Å²) in [7, 11) is 0. The zero-order valence-electron chi connectivity index (χ0n) is 28.6. The van der Waals surface area contributed by atoms with Crippen molar-refractivity contribution in [1.82, 2.24) is 20.4 Å². The van der Waals surface area contributed by atoms with E-state index in [9.17, 15) is 4.79 Å². The molecule has 0 radical (unpaired) electrons. The Labute approximate surface area is 265 Å². The van der Waals surface area contributed by atoms with Crippen molar-refractivity contribution in [3.8, 4) is 0 Å². The molecule has 1 heterocycles. The summed E-state index contributed by atoms with van der Waals surface area (Å²) in [6.07, 6.45) is 18.8. The number of nitrogens with two attached hydrogens (primary N) is 1. The van der Waals surface area contributed by atoms with Crippen molar-refractivity contribution < 1.29 is 4.79 Å². The second-order valence-electron chi connectivity index (χ2n) is 16.4. The lowest BCUT2D eigenvalue weighted by Crippen LogP contribution is -2.50. The smallest absolute Gasteiger partial charge is 0.220 e. The SMILES string of the molecule is CC(C)NC(=O)CC[C@@H](C)[C@H]1CCC2C3CCC4C[C@@H](NCCN5CCN(CCCN)CC5)CCCC[C@H]4C3CC[C@@]21C. The van der Waals surface area contributed by atoms with E-state index < -0.39 is 0 Å². The van der Waals surface area contributed by atoms with Crippen LogP contribution in [0, 0.1) is 46.8 Å². The van der Waals surface area contributed by atoms with Crippen molar-refractivity contribution in [2.45, 2.75) is 130 Å². The van der Waals surface area contributed by atoms with Crippen molar-refractivity contribution in [3.05, 3.63) is 0 Å². The Bertz CT molecular complexity index is 858. The molecule has 43 heavy (non-hydrogen) atoms. The number of carbonyl (C=O) groups is 1. The van der Waals surface area contributed by atoms with Gasteiger partial charge >= 0.3 is 0 Å². The van der Waals surface area contributed by atoms with Crippen LogP contribution in [0.25, 0.3) is 0 Å². The van der Waals surface area contributed by atoms with E-state index in [1.165, 1.54) is 110 Å². The van der Waals surface area contributed by atoms with Gasteiger partial charge in [0.15, 0.2) is 0 Å². The zero-order chi connectivity index (χ0) is 30.4. The largest absolute Gasteiger partial charge is 0.354 e. The van der Waals surface area contributed by atoms with E-state index in [4.69, 9.17) is 5.73 Å². The van der Waals surface area contributed by atoms with Gasteiger partial charge in [0, 0.05) is 57.8 Å². The highest BCUT2D eigenvalue weighted by molar-refractivity contribution is 5.76.